The summed E-state index contributed by atoms with van der Waals surface area (Å²) in [6, 6.07) is 0. The van der Waals surface area contributed by atoms with Gasteiger partial charge in [0.15, 0.2) is 5.69 Å². The molecule has 0 unspecified atom stereocenters. The Kier molecular flexibility index (Phi) is 6.10. The van der Waals surface area contributed by atoms with E-state index in [0.717, 1.165) is 10.9 Å². The molecule has 0 spiro atoms. The van der Waals surface area contributed by atoms with E-state index in [0.29, 0.717) is 13.2 Å². The van der Waals surface area contributed by atoms with Crippen LogP contribution in [-0.2, 0) is 20.9 Å². The van der Waals surface area contributed by atoms with Gasteiger partial charge in [0.25, 0.3) is 0 Å². The minimum absolute atomic E-state index is 0.178. The summed E-state index contributed by atoms with van der Waals surface area (Å²) in [5.74, 6) is -2.05. The van der Waals surface area contributed by atoms with Gasteiger partial charge in [-0.2, -0.15) is 0 Å². The summed E-state index contributed by atoms with van der Waals surface area (Å²) in [7, 11) is 1.51. The van der Waals surface area contributed by atoms with Gasteiger partial charge in [-0.3, -0.25) is 9.59 Å². The highest BCUT2D eigenvalue weighted by molar-refractivity contribution is 5.85. The number of carboxylic acids is 1. The van der Waals surface area contributed by atoms with E-state index in [1.807, 2.05) is 0 Å². The largest absolute Gasteiger partial charge is 0.476 e. The van der Waals surface area contributed by atoms with Crippen molar-refractivity contribution in [3.8, 4) is 0 Å². The average molecular weight is 285 g/mol. The molecule has 0 radical (unpaired) electrons. The number of ether oxygens (including phenoxy) is 1. The van der Waals surface area contributed by atoms with Crippen LogP contribution in [0.3, 0.4) is 0 Å². The number of hydrogen-bond donors (Lipinski definition) is 3. The quantitative estimate of drug-likeness (QED) is 0.463. The molecule has 10 heteroatoms. The van der Waals surface area contributed by atoms with Crippen LogP contribution < -0.4 is 10.6 Å². The van der Waals surface area contributed by atoms with Gasteiger partial charge in [0.2, 0.25) is 11.8 Å². The van der Waals surface area contributed by atoms with Crippen LogP contribution in [0.15, 0.2) is 6.20 Å². The second kappa shape index (κ2) is 7.84. The highest BCUT2D eigenvalue weighted by Gasteiger charge is 2.11. The van der Waals surface area contributed by atoms with Gasteiger partial charge in [-0.05, 0) is 0 Å². The van der Waals surface area contributed by atoms with E-state index in [2.05, 4.69) is 20.9 Å². The third-order valence-corrected chi connectivity index (χ3v) is 2.14. The van der Waals surface area contributed by atoms with Crippen molar-refractivity contribution in [1.82, 2.24) is 25.6 Å². The molecule has 0 fully saturated rings. The van der Waals surface area contributed by atoms with E-state index in [1.54, 1.807) is 0 Å². The van der Waals surface area contributed by atoms with Gasteiger partial charge in [0.05, 0.1) is 19.3 Å². The number of hydrogen-bond acceptors (Lipinski definition) is 6. The maximum absolute atomic E-state index is 11.5. The molecule has 2 amide bonds. The molecule has 1 heterocycles. The van der Waals surface area contributed by atoms with Crippen molar-refractivity contribution in [3.05, 3.63) is 11.9 Å². The molecule has 0 saturated heterocycles. The Hall–Kier alpha value is -2.49. The second-order valence-electron chi connectivity index (χ2n) is 3.73. The SMILES string of the molecule is COCCNC(=O)CNC(=O)Cn1cc(C(=O)O)nn1. The molecule has 0 atom stereocenters. The molecule has 0 saturated carbocycles. The lowest BCUT2D eigenvalue weighted by Crippen LogP contribution is -2.39. The third kappa shape index (κ3) is 5.44. The summed E-state index contributed by atoms with van der Waals surface area (Å²) in [5.41, 5.74) is -0.255. The molecule has 0 bridgehead atoms. The van der Waals surface area contributed by atoms with Crippen molar-refractivity contribution < 1.29 is 24.2 Å². The fraction of sp³-hybridized carbons (Fsp3) is 0.500. The number of carboxylic acid groups (broad SMARTS) is 1. The molecule has 110 valence electrons. The summed E-state index contributed by atoms with van der Waals surface area (Å²) < 4.78 is 5.82. The maximum atomic E-state index is 11.5. The Morgan fingerprint density at radius 3 is 2.70 bits per heavy atom. The second-order valence-corrected chi connectivity index (χ2v) is 3.73. The lowest BCUT2D eigenvalue weighted by Gasteiger charge is -2.06. The van der Waals surface area contributed by atoms with Crippen LogP contribution in [-0.4, -0.2) is 64.7 Å². The first kappa shape index (κ1) is 15.6. The van der Waals surface area contributed by atoms with Crippen LogP contribution in [0.4, 0.5) is 0 Å². The van der Waals surface area contributed by atoms with Gasteiger partial charge in [-0.25, -0.2) is 9.48 Å². The number of nitrogens with one attached hydrogen (secondary N) is 2. The number of carbonyl (C=O) groups is 3. The molecular formula is C10H15N5O5. The first-order valence-corrected chi connectivity index (χ1v) is 5.68. The van der Waals surface area contributed by atoms with Crippen LogP contribution in [0.2, 0.25) is 0 Å². The van der Waals surface area contributed by atoms with Crippen LogP contribution in [0.5, 0.6) is 0 Å². The lowest BCUT2D eigenvalue weighted by molar-refractivity contribution is -0.126. The van der Waals surface area contributed by atoms with Crippen LogP contribution in [0.25, 0.3) is 0 Å². The number of aromatic carboxylic acids is 1. The van der Waals surface area contributed by atoms with Crippen molar-refractivity contribution in [2.75, 3.05) is 26.8 Å². The van der Waals surface area contributed by atoms with E-state index in [-0.39, 0.29) is 24.7 Å². The van der Waals surface area contributed by atoms with E-state index < -0.39 is 11.9 Å². The minimum Gasteiger partial charge on any atom is -0.476 e. The fourth-order valence-electron chi connectivity index (χ4n) is 1.21. The Morgan fingerprint density at radius 1 is 1.35 bits per heavy atom. The molecule has 0 aromatic carbocycles. The predicted octanol–water partition coefficient (Wildman–Crippen LogP) is -2.14. The summed E-state index contributed by atoms with van der Waals surface area (Å²) in [6.45, 7) is 0.349. The number of rotatable bonds is 8. The van der Waals surface area contributed by atoms with Crippen molar-refractivity contribution in [1.29, 1.82) is 0 Å². The van der Waals surface area contributed by atoms with Gasteiger partial charge in [-0.15, -0.1) is 5.10 Å². The fourth-order valence-corrected chi connectivity index (χ4v) is 1.21. The number of amides is 2. The van der Waals surface area contributed by atoms with Crippen LogP contribution >= 0.6 is 0 Å². The highest BCUT2D eigenvalue weighted by Crippen LogP contribution is 1.92. The molecule has 1 aromatic heterocycles. The molecule has 0 aliphatic carbocycles. The van der Waals surface area contributed by atoms with Gasteiger partial charge < -0.3 is 20.5 Å². The zero-order valence-electron chi connectivity index (χ0n) is 10.8. The Labute approximate surface area is 114 Å². The van der Waals surface area contributed by atoms with Gasteiger partial charge in [0.1, 0.15) is 6.54 Å². The third-order valence-electron chi connectivity index (χ3n) is 2.14. The molecule has 0 aliphatic heterocycles. The summed E-state index contributed by atoms with van der Waals surface area (Å²) in [5, 5.41) is 20.4. The van der Waals surface area contributed by atoms with E-state index in [9.17, 15) is 14.4 Å². The normalized spacial score (nSPS) is 10.1. The summed E-state index contributed by atoms with van der Waals surface area (Å²) in [4.78, 5) is 33.3. The van der Waals surface area contributed by atoms with Crippen molar-refractivity contribution >= 4 is 17.8 Å². The number of aromatic nitrogens is 3. The van der Waals surface area contributed by atoms with Crippen molar-refractivity contribution in [2.24, 2.45) is 0 Å². The first-order valence-electron chi connectivity index (χ1n) is 5.68. The van der Waals surface area contributed by atoms with Gasteiger partial charge in [0, 0.05) is 13.7 Å². The number of carbonyl (C=O) groups excluding carboxylic acids is 2. The zero-order valence-corrected chi connectivity index (χ0v) is 10.8. The Morgan fingerprint density at radius 2 is 2.10 bits per heavy atom. The molecular weight excluding hydrogens is 270 g/mol. The molecule has 3 N–H and O–H groups in total. The number of methoxy groups -OCH3 is 1. The summed E-state index contributed by atoms with van der Waals surface area (Å²) >= 11 is 0. The van der Waals surface area contributed by atoms with Crippen molar-refractivity contribution in [3.63, 3.8) is 0 Å². The molecule has 20 heavy (non-hydrogen) atoms. The molecule has 1 aromatic rings. The summed E-state index contributed by atoms with van der Waals surface area (Å²) in [6.07, 6.45) is 1.13. The minimum atomic E-state index is -1.23. The van der Waals surface area contributed by atoms with Gasteiger partial charge >= 0.3 is 5.97 Å². The molecule has 0 aliphatic rings. The predicted molar refractivity (Wildman–Crippen MR) is 64.9 cm³/mol. The Bertz CT molecular complexity index is 486. The Balaban J connectivity index is 2.29. The first-order chi connectivity index (χ1) is 9.52. The van der Waals surface area contributed by atoms with Crippen molar-refractivity contribution in [2.45, 2.75) is 6.54 Å². The molecule has 1 rings (SSSR count). The highest BCUT2D eigenvalue weighted by atomic mass is 16.5. The monoisotopic (exact) mass is 285 g/mol. The zero-order chi connectivity index (χ0) is 15.0. The average Bonchev–Trinajstić information content (AvgIpc) is 2.85. The van der Waals surface area contributed by atoms with E-state index in [1.165, 1.54) is 7.11 Å². The topological polar surface area (TPSA) is 135 Å². The standard InChI is InChI=1S/C10H15N5O5/c1-20-3-2-11-8(16)4-12-9(17)6-15-5-7(10(18)19)13-14-15/h5H,2-4,6H2,1H3,(H,11,16)(H,12,17)(H,18,19). The number of nitrogens with zero attached hydrogens (tertiary/aromatic N) is 3. The molecule has 10 nitrogen and oxygen atoms in total. The van der Waals surface area contributed by atoms with Gasteiger partial charge in [-0.1, -0.05) is 5.21 Å². The van der Waals surface area contributed by atoms with Crippen LogP contribution in [0, 0.1) is 0 Å². The van der Waals surface area contributed by atoms with E-state index >= 15 is 0 Å². The lowest BCUT2D eigenvalue weighted by atomic mass is 10.5. The maximum Gasteiger partial charge on any atom is 0.358 e. The smallest absolute Gasteiger partial charge is 0.358 e. The van der Waals surface area contributed by atoms with Crippen LogP contribution in [0.1, 0.15) is 10.5 Å². The van der Waals surface area contributed by atoms with E-state index in [4.69, 9.17) is 9.84 Å².